The Morgan fingerprint density at radius 2 is 1.94 bits per heavy atom. The van der Waals surface area contributed by atoms with Crippen LogP contribution in [0.4, 0.5) is 0 Å². The van der Waals surface area contributed by atoms with Crippen LogP contribution in [-0.2, 0) is 20.9 Å². The first kappa shape index (κ1) is 13.6. The second-order valence-corrected chi connectivity index (χ2v) is 4.74. The summed E-state index contributed by atoms with van der Waals surface area (Å²) in [6.45, 7) is 6.41. The third-order valence-electron chi connectivity index (χ3n) is 1.89. The Bertz CT molecular complexity index is 343. The van der Waals surface area contributed by atoms with Gasteiger partial charge in [0, 0.05) is 12.4 Å². The van der Waals surface area contributed by atoms with Gasteiger partial charge in [-0.05, 0) is 38.5 Å². The monoisotopic (exact) mass is 237 g/mol. The molecule has 0 aliphatic rings. The van der Waals surface area contributed by atoms with Crippen molar-refractivity contribution in [2.24, 2.45) is 0 Å². The zero-order valence-electron chi connectivity index (χ0n) is 10.6. The van der Waals surface area contributed by atoms with E-state index in [2.05, 4.69) is 4.98 Å². The molecule has 0 fully saturated rings. The first-order valence-corrected chi connectivity index (χ1v) is 5.66. The van der Waals surface area contributed by atoms with Crippen LogP contribution < -0.4 is 0 Å². The zero-order valence-corrected chi connectivity index (χ0v) is 10.6. The summed E-state index contributed by atoms with van der Waals surface area (Å²) in [7, 11) is 0. The fourth-order valence-electron chi connectivity index (χ4n) is 1.22. The summed E-state index contributed by atoms with van der Waals surface area (Å²) in [6.07, 6.45) is 3.71. The van der Waals surface area contributed by atoms with E-state index in [4.69, 9.17) is 9.47 Å². The summed E-state index contributed by atoms with van der Waals surface area (Å²) in [5, 5.41) is 0. The van der Waals surface area contributed by atoms with Crippen LogP contribution in [0.15, 0.2) is 24.5 Å². The first-order chi connectivity index (χ1) is 7.97. The van der Waals surface area contributed by atoms with Crippen LogP contribution in [0, 0.1) is 0 Å². The van der Waals surface area contributed by atoms with Crippen molar-refractivity contribution >= 4 is 5.97 Å². The lowest BCUT2D eigenvalue weighted by Crippen LogP contribution is -2.24. The largest absolute Gasteiger partial charge is 0.460 e. The van der Waals surface area contributed by atoms with Crippen molar-refractivity contribution < 1.29 is 14.3 Å². The highest BCUT2D eigenvalue weighted by molar-refractivity contribution is 5.69. The maximum Gasteiger partial charge on any atom is 0.308 e. The molecule has 1 aromatic heterocycles. The molecule has 1 aromatic rings. The summed E-state index contributed by atoms with van der Waals surface area (Å²) >= 11 is 0. The van der Waals surface area contributed by atoms with E-state index in [0.29, 0.717) is 13.2 Å². The van der Waals surface area contributed by atoms with Crippen molar-refractivity contribution in [3.05, 3.63) is 30.1 Å². The van der Waals surface area contributed by atoms with Gasteiger partial charge in [0.15, 0.2) is 0 Å². The molecule has 4 nitrogen and oxygen atoms in total. The number of hydrogen-bond donors (Lipinski definition) is 0. The number of nitrogens with zero attached hydrogens (tertiary/aromatic N) is 1. The Morgan fingerprint density at radius 1 is 1.29 bits per heavy atom. The maximum atomic E-state index is 11.4. The normalized spacial score (nSPS) is 11.2. The molecule has 1 heterocycles. The fourth-order valence-corrected chi connectivity index (χ4v) is 1.22. The molecule has 0 aliphatic heterocycles. The summed E-state index contributed by atoms with van der Waals surface area (Å²) in [6, 6.07) is 3.76. The van der Waals surface area contributed by atoms with Crippen LogP contribution in [-0.4, -0.2) is 23.2 Å². The van der Waals surface area contributed by atoms with Crippen LogP contribution in [0.25, 0.3) is 0 Å². The molecular weight excluding hydrogens is 218 g/mol. The molecule has 0 saturated heterocycles. The summed E-state index contributed by atoms with van der Waals surface area (Å²) in [5.41, 5.74) is 0.617. The molecule has 0 bridgehead atoms. The quantitative estimate of drug-likeness (QED) is 0.582. The maximum absolute atomic E-state index is 11.4. The van der Waals surface area contributed by atoms with Crippen molar-refractivity contribution in [3.8, 4) is 0 Å². The standard InChI is InChI=1S/C13H19NO3/c1-13(2,3)17-12(15)6-9-16-10-11-4-7-14-8-5-11/h4-5,7-8H,6,9-10H2,1-3H3. The van der Waals surface area contributed by atoms with Crippen molar-refractivity contribution in [2.45, 2.75) is 39.4 Å². The zero-order chi connectivity index (χ0) is 12.7. The second kappa shape index (κ2) is 6.35. The molecule has 0 aromatic carbocycles. The minimum Gasteiger partial charge on any atom is -0.460 e. The molecule has 0 unspecified atom stereocenters. The third-order valence-corrected chi connectivity index (χ3v) is 1.89. The van der Waals surface area contributed by atoms with E-state index in [1.807, 2.05) is 32.9 Å². The van der Waals surface area contributed by atoms with E-state index in [9.17, 15) is 4.79 Å². The average molecular weight is 237 g/mol. The molecule has 0 saturated carbocycles. The molecule has 0 amide bonds. The van der Waals surface area contributed by atoms with Crippen LogP contribution in [0.2, 0.25) is 0 Å². The van der Waals surface area contributed by atoms with E-state index in [0.717, 1.165) is 5.56 Å². The van der Waals surface area contributed by atoms with Crippen LogP contribution in [0.5, 0.6) is 0 Å². The number of carbonyl (C=O) groups is 1. The molecule has 0 N–H and O–H groups in total. The van der Waals surface area contributed by atoms with Crippen LogP contribution in [0.1, 0.15) is 32.8 Å². The highest BCUT2D eigenvalue weighted by atomic mass is 16.6. The van der Waals surface area contributed by atoms with E-state index >= 15 is 0 Å². The molecule has 94 valence electrons. The molecule has 4 heteroatoms. The Labute approximate surface area is 102 Å². The van der Waals surface area contributed by atoms with Gasteiger partial charge in [0.05, 0.1) is 19.6 Å². The number of aromatic nitrogens is 1. The molecule has 0 aliphatic carbocycles. The topological polar surface area (TPSA) is 48.4 Å². The smallest absolute Gasteiger partial charge is 0.308 e. The molecule has 1 rings (SSSR count). The lowest BCUT2D eigenvalue weighted by molar-refractivity contribution is -0.156. The van der Waals surface area contributed by atoms with Gasteiger partial charge < -0.3 is 9.47 Å². The van der Waals surface area contributed by atoms with Crippen molar-refractivity contribution in [1.82, 2.24) is 4.98 Å². The van der Waals surface area contributed by atoms with Gasteiger partial charge in [0.2, 0.25) is 0 Å². The fraction of sp³-hybridized carbons (Fsp3) is 0.538. The van der Waals surface area contributed by atoms with Crippen molar-refractivity contribution in [3.63, 3.8) is 0 Å². The number of esters is 1. The number of ether oxygens (including phenoxy) is 2. The number of carbonyl (C=O) groups excluding carboxylic acids is 1. The minimum atomic E-state index is -0.428. The van der Waals surface area contributed by atoms with Gasteiger partial charge in [-0.15, -0.1) is 0 Å². The molecule has 17 heavy (non-hydrogen) atoms. The lowest BCUT2D eigenvalue weighted by Gasteiger charge is -2.19. The number of rotatable bonds is 5. The molecule has 0 spiro atoms. The Kier molecular flexibility index (Phi) is 5.10. The third kappa shape index (κ3) is 6.68. The highest BCUT2D eigenvalue weighted by Crippen LogP contribution is 2.08. The predicted molar refractivity (Wildman–Crippen MR) is 64.4 cm³/mol. The van der Waals surface area contributed by atoms with Gasteiger partial charge in [-0.25, -0.2) is 0 Å². The summed E-state index contributed by atoms with van der Waals surface area (Å²) in [4.78, 5) is 15.3. The molecular formula is C13H19NO3. The van der Waals surface area contributed by atoms with E-state index in [1.54, 1.807) is 12.4 Å². The Morgan fingerprint density at radius 3 is 2.53 bits per heavy atom. The highest BCUT2D eigenvalue weighted by Gasteiger charge is 2.15. The van der Waals surface area contributed by atoms with Gasteiger partial charge >= 0.3 is 5.97 Å². The van der Waals surface area contributed by atoms with E-state index in [-0.39, 0.29) is 12.4 Å². The second-order valence-electron chi connectivity index (χ2n) is 4.74. The number of hydrogen-bond acceptors (Lipinski definition) is 4. The van der Waals surface area contributed by atoms with Gasteiger partial charge in [0.25, 0.3) is 0 Å². The summed E-state index contributed by atoms with van der Waals surface area (Å²) in [5.74, 6) is -0.229. The van der Waals surface area contributed by atoms with Crippen molar-refractivity contribution in [2.75, 3.05) is 6.61 Å². The Balaban J connectivity index is 2.14. The van der Waals surface area contributed by atoms with E-state index in [1.165, 1.54) is 0 Å². The lowest BCUT2D eigenvalue weighted by atomic mass is 10.2. The van der Waals surface area contributed by atoms with Crippen molar-refractivity contribution in [1.29, 1.82) is 0 Å². The average Bonchev–Trinajstić information content (AvgIpc) is 2.23. The Hall–Kier alpha value is -1.42. The van der Waals surface area contributed by atoms with Gasteiger partial charge in [-0.2, -0.15) is 0 Å². The molecule has 0 atom stereocenters. The first-order valence-electron chi connectivity index (χ1n) is 5.66. The predicted octanol–water partition coefficient (Wildman–Crippen LogP) is 2.33. The minimum absolute atomic E-state index is 0.229. The van der Waals surface area contributed by atoms with E-state index < -0.39 is 5.60 Å². The van der Waals surface area contributed by atoms with Gasteiger partial charge in [-0.1, -0.05) is 0 Å². The molecule has 0 radical (unpaired) electrons. The SMILES string of the molecule is CC(C)(C)OC(=O)CCOCc1ccncc1. The van der Waals surface area contributed by atoms with Gasteiger partial charge in [0.1, 0.15) is 5.60 Å². The summed E-state index contributed by atoms with van der Waals surface area (Å²) < 4.78 is 10.5. The number of pyridine rings is 1. The van der Waals surface area contributed by atoms with Crippen LogP contribution in [0.3, 0.4) is 0 Å². The van der Waals surface area contributed by atoms with Gasteiger partial charge in [-0.3, -0.25) is 9.78 Å². The van der Waals surface area contributed by atoms with Crippen LogP contribution >= 0.6 is 0 Å².